The maximum atomic E-state index is 11.8. The van der Waals surface area contributed by atoms with E-state index in [0.29, 0.717) is 12.5 Å². The lowest BCUT2D eigenvalue weighted by Crippen LogP contribution is -2.38. The number of likely N-dealkylation sites (N-methyl/N-ethyl adjacent to an activating group) is 1. The minimum absolute atomic E-state index is 0.145. The van der Waals surface area contributed by atoms with Crippen molar-refractivity contribution in [3.05, 3.63) is 29.3 Å². The Balaban J connectivity index is 1.61. The van der Waals surface area contributed by atoms with Crippen molar-refractivity contribution in [2.24, 2.45) is 0 Å². The molecule has 1 aromatic rings. The molecule has 1 amide bonds. The van der Waals surface area contributed by atoms with E-state index in [1.807, 2.05) is 24.3 Å². The van der Waals surface area contributed by atoms with Crippen molar-refractivity contribution in [2.75, 3.05) is 25.9 Å². The summed E-state index contributed by atoms with van der Waals surface area (Å²) in [5.74, 6) is 0.945. The van der Waals surface area contributed by atoms with Gasteiger partial charge in [-0.3, -0.25) is 4.79 Å². The molecule has 0 bridgehead atoms. The third-order valence-corrected chi connectivity index (χ3v) is 4.88. The molecule has 2 rings (SSSR count). The maximum absolute atomic E-state index is 11.8. The van der Waals surface area contributed by atoms with Crippen LogP contribution in [0.4, 0.5) is 0 Å². The number of amides is 1. The van der Waals surface area contributed by atoms with E-state index in [2.05, 4.69) is 17.3 Å². The van der Waals surface area contributed by atoms with E-state index >= 15 is 0 Å². The van der Waals surface area contributed by atoms with E-state index < -0.39 is 0 Å². The number of carbonyl (C=O) groups is 1. The molecule has 3 nitrogen and oxygen atoms in total. The summed E-state index contributed by atoms with van der Waals surface area (Å²) in [5.41, 5.74) is 0. The number of hydrogen-bond donors (Lipinski definition) is 1. The van der Waals surface area contributed by atoms with Crippen LogP contribution < -0.4 is 5.32 Å². The van der Waals surface area contributed by atoms with Crippen LogP contribution in [0, 0.1) is 0 Å². The Morgan fingerprint density at radius 1 is 1.45 bits per heavy atom. The molecule has 0 saturated carbocycles. The number of carbonyl (C=O) groups excluding carboxylic acids is 1. The molecule has 0 unspecified atom stereocenters. The summed E-state index contributed by atoms with van der Waals surface area (Å²) in [6.07, 6.45) is 2.99. The van der Waals surface area contributed by atoms with Gasteiger partial charge in [0.25, 0.3) is 0 Å². The molecule has 1 N–H and O–H groups in total. The zero-order chi connectivity index (χ0) is 14.4. The molecule has 1 fully saturated rings. The minimum atomic E-state index is 0.145. The normalized spacial score (nSPS) is 19.2. The first kappa shape index (κ1) is 15.7. The fourth-order valence-electron chi connectivity index (χ4n) is 2.35. The Kier molecular flexibility index (Phi) is 6.20. The highest BCUT2D eigenvalue weighted by Gasteiger charge is 2.20. The van der Waals surface area contributed by atoms with E-state index in [1.54, 1.807) is 11.8 Å². The van der Waals surface area contributed by atoms with E-state index in [-0.39, 0.29) is 5.91 Å². The van der Waals surface area contributed by atoms with Crippen LogP contribution in [-0.2, 0) is 4.79 Å². The Morgan fingerprint density at radius 2 is 2.20 bits per heavy atom. The average molecular weight is 313 g/mol. The van der Waals surface area contributed by atoms with Crippen molar-refractivity contribution in [3.8, 4) is 0 Å². The fraction of sp³-hybridized carbons (Fsp3) is 0.533. The number of halogens is 1. The van der Waals surface area contributed by atoms with Gasteiger partial charge in [0.2, 0.25) is 5.91 Å². The summed E-state index contributed by atoms with van der Waals surface area (Å²) in [5, 5.41) is 3.78. The summed E-state index contributed by atoms with van der Waals surface area (Å²) >= 11 is 7.52. The Bertz CT molecular complexity index is 438. The van der Waals surface area contributed by atoms with Gasteiger partial charge < -0.3 is 10.2 Å². The molecular formula is C15H21ClN2OS. The van der Waals surface area contributed by atoms with Crippen LogP contribution in [0.25, 0.3) is 0 Å². The highest BCUT2D eigenvalue weighted by atomic mass is 35.5. The topological polar surface area (TPSA) is 32.3 Å². The van der Waals surface area contributed by atoms with Crippen molar-refractivity contribution in [1.82, 2.24) is 10.2 Å². The predicted octanol–water partition coefficient (Wildman–Crippen LogP) is 3.03. The standard InChI is InChI=1S/C15H21ClN2OS/c1-18-9-2-3-13(18)11-17-15(19)8-10-20-14-6-4-12(16)5-7-14/h4-7,13H,2-3,8-11H2,1H3,(H,17,19)/t13-/m0/s1. The van der Waals surface area contributed by atoms with E-state index in [0.717, 1.165) is 28.8 Å². The van der Waals surface area contributed by atoms with Crippen LogP contribution in [0.2, 0.25) is 5.02 Å². The zero-order valence-corrected chi connectivity index (χ0v) is 13.3. The summed E-state index contributed by atoms with van der Waals surface area (Å²) in [6.45, 7) is 1.92. The van der Waals surface area contributed by atoms with Crippen LogP contribution in [0.3, 0.4) is 0 Å². The summed E-state index contributed by atoms with van der Waals surface area (Å²) in [6, 6.07) is 8.24. The highest BCUT2D eigenvalue weighted by Crippen LogP contribution is 2.20. The first-order valence-electron chi connectivity index (χ1n) is 7.00. The number of benzene rings is 1. The second-order valence-corrected chi connectivity index (χ2v) is 6.74. The predicted molar refractivity (Wildman–Crippen MR) is 85.5 cm³/mol. The van der Waals surface area contributed by atoms with Gasteiger partial charge >= 0.3 is 0 Å². The number of likely N-dealkylation sites (tertiary alicyclic amines) is 1. The summed E-state index contributed by atoms with van der Waals surface area (Å²) in [4.78, 5) is 15.3. The number of nitrogens with one attached hydrogen (secondary N) is 1. The van der Waals surface area contributed by atoms with Gasteiger partial charge in [-0.2, -0.15) is 0 Å². The zero-order valence-electron chi connectivity index (χ0n) is 11.8. The molecule has 0 radical (unpaired) electrons. The SMILES string of the molecule is CN1CCC[C@H]1CNC(=O)CCSc1ccc(Cl)cc1. The quantitative estimate of drug-likeness (QED) is 0.820. The molecule has 0 aliphatic carbocycles. The molecule has 1 saturated heterocycles. The number of hydrogen-bond acceptors (Lipinski definition) is 3. The first-order valence-corrected chi connectivity index (χ1v) is 8.37. The second-order valence-electron chi connectivity index (χ2n) is 5.13. The lowest BCUT2D eigenvalue weighted by molar-refractivity contribution is -0.120. The molecule has 1 atom stereocenters. The van der Waals surface area contributed by atoms with E-state index in [9.17, 15) is 4.79 Å². The van der Waals surface area contributed by atoms with Crippen LogP contribution in [0.5, 0.6) is 0 Å². The van der Waals surface area contributed by atoms with Crippen LogP contribution in [0.1, 0.15) is 19.3 Å². The van der Waals surface area contributed by atoms with Gasteiger partial charge in [0, 0.05) is 34.7 Å². The smallest absolute Gasteiger partial charge is 0.220 e. The molecule has 1 heterocycles. The fourth-order valence-corrected chi connectivity index (χ4v) is 3.33. The van der Waals surface area contributed by atoms with Gasteiger partial charge in [0.05, 0.1) is 0 Å². The number of nitrogens with zero attached hydrogens (tertiary/aromatic N) is 1. The van der Waals surface area contributed by atoms with E-state index in [4.69, 9.17) is 11.6 Å². The van der Waals surface area contributed by atoms with Gasteiger partial charge in [0.15, 0.2) is 0 Å². The van der Waals surface area contributed by atoms with Gasteiger partial charge in [-0.1, -0.05) is 11.6 Å². The van der Waals surface area contributed by atoms with Gasteiger partial charge in [0.1, 0.15) is 0 Å². The molecule has 1 aromatic carbocycles. The largest absolute Gasteiger partial charge is 0.355 e. The Morgan fingerprint density at radius 3 is 2.85 bits per heavy atom. The second kappa shape index (κ2) is 7.91. The third kappa shape index (κ3) is 5.00. The lowest BCUT2D eigenvalue weighted by Gasteiger charge is -2.19. The lowest BCUT2D eigenvalue weighted by atomic mass is 10.2. The van der Waals surface area contributed by atoms with Crippen LogP contribution >= 0.6 is 23.4 Å². The molecule has 20 heavy (non-hydrogen) atoms. The molecule has 110 valence electrons. The van der Waals surface area contributed by atoms with Crippen molar-refractivity contribution in [1.29, 1.82) is 0 Å². The molecule has 0 aromatic heterocycles. The van der Waals surface area contributed by atoms with Crippen LogP contribution in [-0.4, -0.2) is 42.7 Å². The average Bonchev–Trinajstić information content (AvgIpc) is 2.84. The summed E-state index contributed by atoms with van der Waals surface area (Å²) < 4.78 is 0. The molecule has 1 aliphatic rings. The minimum Gasteiger partial charge on any atom is -0.355 e. The highest BCUT2D eigenvalue weighted by molar-refractivity contribution is 7.99. The van der Waals surface area contributed by atoms with Crippen molar-refractivity contribution in [3.63, 3.8) is 0 Å². The van der Waals surface area contributed by atoms with Gasteiger partial charge in [-0.25, -0.2) is 0 Å². The van der Waals surface area contributed by atoms with E-state index in [1.165, 1.54) is 12.8 Å². The van der Waals surface area contributed by atoms with Crippen molar-refractivity contribution >= 4 is 29.3 Å². The first-order chi connectivity index (χ1) is 9.65. The number of rotatable bonds is 6. The number of thioether (sulfide) groups is 1. The van der Waals surface area contributed by atoms with Gasteiger partial charge in [-0.05, 0) is 50.7 Å². The summed E-state index contributed by atoms with van der Waals surface area (Å²) in [7, 11) is 2.13. The van der Waals surface area contributed by atoms with Crippen molar-refractivity contribution in [2.45, 2.75) is 30.2 Å². The molecular weight excluding hydrogens is 292 g/mol. The molecule has 1 aliphatic heterocycles. The Labute approximate surface area is 130 Å². The monoisotopic (exact) mass is 312 g/mol. The molecule has 5 heteroatoms. The molecule has 0 spiro atoms. The Hall–Kier alpha value is -0.710. The maximum Gasteiger partial charge on any atom is 0.220 e. The van der Waals surface area contributed by atoms with Crippen LogP contribution in [0.15, 0.2) is 29.2 Å². The third-order valence-electron chi connectivity index (χ3n) is 3.62. The van der Waals surface area contributed by atoms with Gasteiger partial charge in [-0.15, -0.1) is 11.8 Å². The van der Waals surface area contributed by atoms with Crippen molar-refractivity contribution < 1.29 is 4.79 Å².